The lowest BCUT2D eigenvalue weighted by atomic mass is 9.96. The summed E-state index contributed by atoms with van der Waals surface area (Å²) in [6, 6.07) is 16.0. The van der Waals surface area contributed by atoms with Crippen molar-refractivity contribution in [1.29, 1.82) is 0 Å². The second-order valence-electron chi connectivity index (χ2n) is 7.09. The van der Waals surface area contributed by atoms with Gasteiger partial charge in [0.1, 0.15) is 11.5 Å². The molecule has 0 aliphatic carbocycles. The number of piperidine rings is 1. The van der Waals surface area contributed by atoms with Crippen molar-refractivity contribution in [3.05, 3.63) is 60.0 Å². The first-order chi connectivity index (χ1) is 13.7. The molecule has 0 radical (unpaired) electrons. The van der Waals surface area contributed by atoms with Gasteiger partial charge in [0, 0.05) is 24.1 Å². The summed E-state index contributed by atoms with van der Waals surface area (Å²) in [7, 11) is 3.36. The Kier molecular flexibility index (Phi) is 5.58. The predicted molar refractivity (Wildman–Crippen MR) is 107 cm³/mol. The van der Waals surface area contributed by atoms with E-state index in [1.807, 2.05) is 36.4 Å². The van der Waals surface area contributed by atoms with Crippen LogP contribution in [0.3, 0.4) is 0 Å². The minimum Gasteiger partial charge on any atom is -0.497 e. The summed E-state index contributed by atoms with van der Waals surface area (Å²) < 4.78 is 16.3. The van der Waals surface area contributed by atoms with E-state index in [0.29, 0.717) is 11.7 Å². The third kappa shape index (κ3) is 4.17. The molecule has 28 heavy (non-hydrogen) atoms. The van der Waals surface area contributed by atoms with E-state index in [-0.39, 0.29) is 0 Å². The molecule has 146 valence electrons. The highest BCUT2D eigenvalue weighted by atomic mass is 16.5. The van der Waals surface area contributed by atoms with Gasteiger partial charge in [0.2, 0.25) is 11.7 Å². The molecule has 2 heterocycles. The highest BCUT2D eigenvalue weighted by Gasteiger charge is 2.25. The summed E-state index contributed by atoms with van der Waals surface area (Å²) in [6.45, 7) is 2.86. The molecular formula is C22H25N3O3. The lowest BCUT2D eigenvalue weighted by molar-refractivity contribution is 0.187. The molecule has 1 saturated heterocycles. The number of hydrogen-bond donors (Lipinski definition) is 0. The quantitative estimate of drug-likeness (QED) is 0.642. The van der Waals surface area contributed by atoms with Gasteiger partial charge < -0.3 is 14.0 Å². The van der Waals surface area contributed by atoms with Crippen molar-refractivity contribution in [3.63, 3.8) is 0 Å². The van der Waals surface area contributed by atoms with Gasteiger partial charge in [-0.25, -0.2) is 0 Å². The molecule has 2 aromatic carbocycles. The monoisotopic (exact) mass is 379 g/mol. The molecule has 1 fully saturated rings. The van der Waals surface area contributed by atoms with E-state index >= 15 is 0 Å². The standard InChI is InChI=1S/C22H25N3O3/c1-26-19-12-16(13-20(14-19)27-2)15-25-10-8-18(9-11-25)22-23-21(24-28-22)17-6-4-3-5-7-17/h3-7,12-14,18H,8-11,15H2,1-2H3. The van der Waals surface area contributed by atoms with E-state index in [4.69, 9.17) is 14.0 Å². The Balaban J connectivity index is 1.37. The van der Waals surface area contributed by atoms with Gasteiger partial charge in [-0.05, 0) is 43.6 Å². The van der Waals surface area contributed by atoms with Crippen LogP contribution in [-0.2, 0) is 6.54 Å². The number of likely N-dealkylation sites (tertiary alicyclic amines) is 1. The van der Waals surface area contributed by atoms with Gasteiger partial charge in [-0.3, -0.25) is 4.90 Å². The van der Waals surface area contributed by atoms with Crippen molar-refractivity contribution in [3.8, 4) is 22.9 Å². The van der Waals surface area contributed by atoms with Crippen LogP contribution in [0, 0.1) is 0 Å². The van der Waals surface area contributed by atoms with E-state index in [0.717, 1.165) is 55.4 Å². The molecule has 0 saturated carbocycles. The first-order valence-electron chi connectivity index (χ1n) is 9.58. The maximum absolute atomic E-state index is 5.56. The molecule has 1 aromatic heterocycles. The molecule has 0 bridgehead atoms. The zero-order chi connectivity index (χ0) is 19.3. The summed E-state index contributed by atoms with van der Waals surface area (Å²) in [5.41, 5.74) is 2.18. The number of hydrogen-bond acceptors (Lipinski definition) is 6. The van der Waals surface area contributed by atoms with Crippen LogP contribution in [-0.4, -0.2) is 42.3 Å². The maximum atomic E-state index is 5.56. The van der Waals surface area contributed by atoms with Crippen LogP contribution < -0.4 is 9.47 Å². The van der Waals surface area contributed by atoms with Crippen LogP contribution in [0.4, 0.5) is 0 Å². The molecule has 0 amide bonds. The van der Waals surface area contributed by atoms with Gasteiger partial charge in [-0.2, -0.15) is 4.98 Å². The summed E-state index contributed by atoms with van der Waals surface area (Å²) in [5, 5.41) is 4.16. The van der Waals surface area contributed by atoms with Gasteiger partial charge >= 0.3 is 0 Å². The first-order valence-corrected chi connectivity index (χ1v) is 9.58. The summed E-state index contributed by atoms with van der Waals surface area (Å²) in [4.78, 5) is 7.07. The zero-order valence-corrected chi connectivity index (χ0v) is 16.3. The average Bonchev–Trinajstić information content (AvgIpc) is 3.25. The summed E-state index contributed by atoms with van der Waals surface area (Å²) in [5.74, 6) is 3.39. The second kappa shape index (κ2) is 8.44. The van der Waals surface area contributed by atoms with Crippen molar-refractivity contribution in [2.45, 2.75) is 25.3 Å². The van der Waals surface area contributed by atoms with Crippen LogP contribution in [0.2, 0.25) is 0 Å². The first kappa shape index (κ1) is 18.5. The third-order valence-corrected chi connectivity index (χ3v) is 5.23. The van der Waals surface area contributed by atoms with E-state index in [9.17, 15) is 0 Å². The Morgan fingerprint density at radius 1 is 1.00 bits per heavy atom. The van der Waals surface area contributed by atoms with E-state index in [1.54, 1.807) is 14.2 Å². The molecule has 1 aliphatic heterocycles. The molecular weight excluding hydrogens is 354 g/mol. The lowest BCUT2D eigenvalue weighted by Gasteiger charge is -2.30. The minimum absolute atomic E-state index is 0.320. The Morgan fingerprint density at radius 3 is 2.32 bits per heavy atom. The van der Waals surface area contributed by atoms with Gasteiger partial charge in [0.05, 0.1) is 14.2 Å². The third-order valence-electron chi connectivity index (χ3n) is 5.23. The number of rotatable bonds is 6. The molecule has 0 N–H and O–H groups in total. The highest BCUT2D eigenvalue weighted by Crippen LogP contribution is 2.30. The summed E-state index contributed by atoms with van der Waals surface area (Å²) in [6.07, 6.45) is 2.02. The van der Waals surface area contributed by atoms with Gasteiger partial charge in [0.25, 0.3) is 0 Å². The fourth-order valence-electron chi connectivity index (χ4n) is 3.66. The van der Waals surface area contributed by atoms with Crippen molar-refractivity contribution in [2.75, 3.05) is 27.3 Å². The van der Waals surface area contributed by atoms with E-state index in [2.05, 4.69) is 27.2 Å². The van der Waals surface area contributed by atoms with Crippen molar-refractivity contribution in [2.24, 2.45) is 0 Å². The number of aromatic nitrogens is 2. The van der Waals surface area contributed by atoms with Crippen molar-refractivity contribution >= 4 is 0 Å². The Bertz CT molecular complexity index is 880. The SMILES string of the molecule is COc1cc(CN2CCC(c3nc(-c4ccccc4)no3)CC2)cc(OC)c1. The van der Waals surface area contributed by atoms with Crippen LogP contribution in [0.15, 0.2) is 53.1 Å². The minimum atomic E-state index is 0.320. The number of ether oxygens (including phenoxy) is 2. The molecule has 6 heteroatoms. The Morgan fingerprint density at radius 2 is 1.68 bits per heavy atom. The average molecular weight is 379 g/mol. The highest BCUT2D eigenvalue weighted by molar-refractivity contribution is 5.53. The fourth-order valence-corrected chi connectivity index (χ4v) is 3.66. The van der Waals surface area contributed by atoms with Crippen molar-refractivity contribution < 1.29 is 14.0 Å². The molecule has 4 rings (SSSR count). The Hall–Kier alpha value is -2.86. The zero-order valence-electron chi connectivity index (χ0n) is 16.3. The van der Waals surface area contributed by atoms with Crippen molar-refractivity contribution in [1.82, 2.24) is 15.0 Å². The van der Waals surface area contributed by atoms with Crippen LogP contribution in [0.25, 0.3) is 11.4 Å². The van der Waals surface area contributed by atoms with E-state index < -0.39 is 0 Å². The largest absolute Gasteiger partial charge is 0.497 e. The number of nitrogens with zero attached hydrogens (tertiary/aromatic N) is 3. The number of methoxy groups -OCH3 is 2. The summed E-state index contributed by atoms with van der Waals surface area (Å²) >= 11 is 0. The Labute approximate surface area is 165 Å². The molecule has 0 spiro atoms. The van der Waals surface area contributed by atoms with Crippen LogP contribution in [0.5, 0.6) is 11.5 Å². The topological polar surface area (TPSA) is 60.6 Å². The molecule has 1 aliphatic rings. The fraction of sp³-hybridized carbons (Fsp3) is 0.364. The second-order valence-corrected chi connectivity index (χ2v) is 7.09. The predicted octanol–water partition coefficient (Wildman–Crippen LogP) is 4.13. The van der Waals surface area contributed by atoms with E-state index in [1.165, 1.54) is 5.56 Å². The molecule has 0 atom stereocenters. The lowest BCUT2D eigenvalue weighted by Crippen LogP contribution is -2.32. The molecule has 3 aromatic rings. The number of benzene rings is 2. The maximum Gasteiger partial charge on any atom is 0.230 e. The molecule has 6 nitrogen and oxygen atoms in total. The van der Waals surface area contributed by atoms with Gasteiger partial charge in [0.15, 0.2) is 0 Å². The smallest absolute Gasteiger partial charge is 0.230 e. The normalized spacial score (nSPS) is 15.5. The van der Waals surface area contributed by atoms with Gasteiger partial charge in [-0.1, -0.05) is 35.5 Å². The van der Waals surface area contributed by atoms with Crippen LogP contribution >= 0.6 is 0 Å². The van der Waals surface area contributed by atoms with Crippen LogP contribution in [0.1, 0.15) is 30.2 Å². The molecule has 0 unspecified atom stereocenters. The van der Waals surface area contributed by atoms with Gasteiger partial charge in [-0.15, -0.1) is 0 Å².